The molecule has 3 aromatic rings. The van der Waals surface area contributed by atoms with Gasteiger partial charge in [-0.3, -0.25) is 14.3 Å². The van der Waals surface area contributed by atoms with E-state index in [1.165, 1.54) is 0 Å². The summed E-state index contributed by atoms with van der Waals surface area (Å²) in [5, 5.41) is 9.21. The quantitative estimate of drug-likeness (QED) is 0.458. The number of methoxy groups -OCH3 is 2. The molecule has 176 valence electrons. The van der Waals surface area contributed by atoms with E-state index in [2.05, 4.69) is 43.3 Å². The van der Waals surface area contributed by atoms with Crippen molar-refractivity contribution in [2.75, 3.05) is 32.2 Å². The molecule has 4 rings (SSSR count). The molecule has 0 bridgehead atoms. The van der Waals surface area contributed by atoms with Gasteiger partial charge in [-0.2, -0.15) is 0 Å². The standard InChI is InChI=1S/C23H30N6O3S/c1-15(19-9-8-18(30-3)14-24-19)16(2)33-28-23-27-26-22(20-6-5-7-21(25-20)31-4)29(23)17-10-12-32-13-11-17/h5-9,14-17H,10-13H2,1-4H3,(H,27,28). The van der Waals surface area contributed by atoms with E-state index < -0.39 is 0 Å². The third-order valence-electron chi connectivity index (χ3n) is 5.92. The summed E-state index contributed by atoms with van der Waals surface area (Å²) in [6.07, 6.45) is 3.55. The van der Waals surface area contributed by atoms with Crippen molar-refractivity contribution in [3.8, 4) is 23.1 Å². The van der Waals surface area contributed by atoms with Gasteiger partial charge in [0.05, 0.1) is 20.4 Å². The number of nitrogens with zero attached hydrogens (tertiary/aromatic N) is 5. The largest absolute Gasteiger partial charge is 0.495 e. The van der Waals surface area contributed by atoms with Gasteiger partial charge in [0.2, 0.25) is 11.8 Å². The summed E-state index contributed by atoms with van der Waals surface area (Å²) in [4.78, 5) is 9.12. The molecule has 33 heavy (non-hydrogen) atoms. The maximum atomic E-state index is 5.58. The number of pyridine rings is 2. The van der Waals surface area contributed by atoms with Crippen LogP contribution in [0.4, 0.5) is 5.95 Å². The van der Waals surface area contributed by atoms with E-state index in [1.54, 1.807) is 32.4 Å². The lowest BCUT2D eigenvalue weighted by atomic mass is 10.0. The van der Waals surface area contributed by atoms with Gasteiger partial charge in [0.25, 0.3) is 0 Å². The zero-order valence-electron chi connectivity index (χ0n) is 19.4. The van der Waals surface area contributed by atoms with E-state index in [-0.39, 0.29) is 17.2 Å². The number of hydrogen-bond donors (Lipinski definition) is 1. The molecule has 0 spiro atoms. The van der Waals surface area contributed by atoms with Crippen LogP contribution in [0.2, 0.25) is 0 Å². The first-order valence-corrected chi connectivity index (χ1v) is 11.9. The lowest BCUT2D eigenvalue weighted by Gasteiger charge is -2.26. The number of nitrogens with one attached hydrogen (secondary N) is 1. The van der Waals surface area contributed by atoms with E-state index in [1.807, 2.05) is 30.3 Å². The van der Waals surface area contributed by atoms with Crippen molar-refractivity contribution < 1.29 is 14.2 Å². The number of aromatic nitrogens is 5. The molecule has 2 unspecified atom stereocenters. The highest BCUT2D eigenvalue weighted by Crippen LogP contribution is 2.33. The van der Waals surface area contributed by atoms with Crippen LogP contribution in [0.15, 0.2) is 36.5 Å². The van der Waals surface area contributed by atoms with E-state index in [4.69, 9.17) is 14.2 Å². The molecule has 1 N–H and O–H groups in total. The number of anilines is 1. The monoisotopic (exact) mass is 470 g/mol. The molecule has 1 fully saturated rings. The average Bonchev–Trinajstić information content (AvgIpc) is 3.31. The second-order valence-electron chi connectivity index (χ2n) is 7.96. The van der Waals surface area contributed by atoms with Gasteiger partial charge in [-0.05, 0) is 43.0 Å². The molecule has 0 saturated carbocycles. The average molecular weight is 471 g/mol. The molecule has 2 atom stereocenters. The lowest BCUT2D eigenvalue weighted by molar-refractivity contribution is 0.0704. The molecule has 3 aromatic heterocycles. The van der Waals surface area contributed by atoms with Gasteiger partial charge in [-0.1, -0.05) is 19.9 Å². The van der Waals surface area contributed by atoms with Crippen molar-refractivity contribution in [1.82, 2.24) is 24.7 Å². The molecule has 0 aliphatic carbocycles. The normalized spacial score (nSPS) is 16.2. The summed E-state index contributed by atoms with van der Waals surface area (Å²) in [5.74, 6) is 2.97. The Bertz CT molecular complexity index is 1040. The van der Waals surface area contributed by atoms with Crippen LogP contribution in [0.3, 0.4) is 0 Å². The van der Waals surface area contributed by atoms with Crippen LogP contribution in [-0.4, -0.2) is 57.4 Å². The summed E-state index contributed by atoms with van der Waals surface area (Å²) in [7, 11) is 3.26. The second kappa shape index (κ2) is 10.8. The van der Waals surface area contributed by atoms with E-state index >= 15 is 0 Å². The Morgan fingerprint density at radius 1 is 1.09 bits per heavy atom. The van der Waals surface area contributed by atoms with Crippen molar-refractivity contribution in [1.29, 1.82) is 0 Å². The van der Waals surface area contributed by atoms with Crippen LogP contribution in [0, 0.1) is 0 Å². The zero-order chi connectivity index (χ0) is 23.2. The van der Waals surface area contributed by atoms with Gasteiger partial charge >= 0.3 is 0 Å². The third-order valence-corrected chi connectivity index (χ3v) is 7.00. The fourth-order valence-electron chi connectivity index (χ4n) is 3.75. The fraction of sp³-hybridized carbons (Fsp3) is 0.478. The minimum atomic E-state index is 0.229. The highest BCUT2D eigenvalue weighted by molar-refractivity contribution is 8.01. The molecule has 1 saturated heterocycles. The topological polar surface area (TPSA) is 96.2 Å². The van der Waals surface area contributed by atoms with Crippen LogP contribution in [-0.2, 0) is 4.74 Å². The Morgan fingerprint density at radius 3 is 2.61 bits per heavy atom. The van der Waals surface area contributed by atoms with Crippen molar-refractivity contribution in [3.05, 3.63) is 42.2 Å². The van der Waals surface area contributed by atoms with Crippen LogP contribution in [0.1, 0.15) is 44.3 Å². The van der Waals surface area contributed by atoms with Crippen LogP contribution in [0.25, 0.3) is 11.5 Å². The number of rotatable bonds is 9. The Labute approximate surface area is 198 Å². The Morgan fingerprint density at radius 2 is 1.91 bits per heavy atom. The first-order valence-electron chi connectivity index (χ1n) is 11.1. The number of hydrogen-bond acceptors (Lipinski definition) is 9. The predicted molar refractivity (Wildman–Crippen MR) is 129 cm³/mol. The van der Waals surface area contributed by atoms with Gasteiger partial charge in [-0.15, -0.1) is 10.2 Å². The van der Waals surface area contributed by atoms with Crippen molar-refractivity contribution in [3.63, 3.8) is 0 Å². The molecule has 10 heteroatoms. The molecule has 9 nitrogen and oxygen atoms in total. The molecule has 0 aromatic carbocycles. The predicted octanol–water partition coefficient (Wildman–Crippen LogP) is 4.36. The molecular weight excluding hydrogens is 440 g/mol. The van der Waals surface area contributed by atoms with Gasteiger partial charge in [0, 0.05) is 42.2 Å². The maximum absolute atomic E-state index is 5.58. The van der Waals surface area contributed by atoms with Gasteiger partial charge in [0.15, 0.2) is 5.82 Å². The minimum absolute atomic E-state index is 0.229. The summed E-state index contributed by atoms with van der Waals surface area (Å²) in [6.45, 7) is 5.78. The summed E-state index contributed by atoms with van der Waals surface area (Å²) >= 11 is 1.62. The van der Waals surface area contributed by atoms with Crippen molar-refractivity contribution in [2.45, 2.75) is 43.9 Å². The highest BCUT2D eigenvalue weighted by atomic mass is 32.2. The Kier molecular flexibility index (Phi) is 7.66. The summed E-state index contributed by atoms with van der Waals surface area (Å²) in [6, 6.07) is 9.85. The molecule has 1 aliphatic rings. The van der Waals surface area contributed by atoms with E-state index in [0.29, 0.717) is 11.8 Å². The number of ether oxygens (including phenoxy) is 3. The van der Waals surface area contributed by atoms with Gasteiger partial charge < -0.3 is 14.2 Å². The highest BCUT2D eigenvalue weighted by Gasteiger charge is 2.26. The minimum Gasteiger partial charge on any atom is -0.495 e. The third kappa shape index (κ3) is 5.39. The van der Waals surface area contributed by atoms with Gasteiger partial charge in [0.1, 0.15) is 11.4 Å². The molecular formula is C23H30N6O3S. The molecule has 4 heterocycles. The zero-order valence-corrected chi connectivity index (χ0v) is 20.2. The Hall–Kier alpha value is -2.85. The fourth-order valence-corrected chi connectivity index (χ4v) is 4.52. The second-order valence-corrected chi connectivity index (χ2v) is 9.15. The van der Waals surface area contributed by atoms with E-state index in [9.17, 15) is 0 Å². The van der Waals surface area contributed by atoms with Crippen molar-refractivity contribution in [2.24, 2.45) is 0 Å². The first-order chi connectivity index (χ1) is 16.1. The van der Waals surface area contributed by atoms with Crippen LogP contribution in [0.5, 0.6) is 11.6 Å². The van der Waals surface area contributed by atoms with Crippen molar-refractivity contribution >= 4 is 17.9 Å². The smallest absolute Gasteiger partial charge is 0.235 e. The lowest BCUT2D eigenvalue weighted by Crippen LogP contribution is -2.22. The molecule has 1 aliphatic heterocycles. The summed E-state index contributed by atoms with van der Waals surface area (Å²) < 4.78 is 21.7. The van der Waals surface area contributed by atoms with Gasteiger partial charge in [-0.25, -0.2) is 4.98 Å². The van der Waals surface area contributed by atoms with Crippen LogP contribution < -0.4 is 14.2 Å². The van der Waals surface area contributed by atoms with Crippen LogP contribution >= 0.6 is 11.9 Å². The molecule has 0 amide bonds. The SMILES string of the molecule is COc1ccc(C(C)C(C)SNc2nnc(-c3cccc(OC)n3)n2C2CCOCC2)nc1. The maximum Gasteiger partial charge on any atom is 0.235 e. The van der Waals surface area contributed by atoms with E-state index in [0.717, 1.165) is 49.0 Å². The Balaban J connectivity index is 1.54. The first kappa shape index (κ1) is 23.3. The molecule has 0 radical (unpaired) electrons. The summed E-state index contributed by atoms with van der Waals surface area (Å²) in [5.41, 5.74) is 1.75.